The van der Waals surface area contributed by atoms with E-state index in [4.69, 9.17) is 9.47 Å². The topological polar surface area (TPSA) is 73.3 Å². The molecule has 0 aliphatic carbocycles. The lowest BCUT2D eigenvalue weighted by Crippen LogP contribution is -2.20. The van der Waals surface area contributed by atoms with Gasteiger partial charge in [-0.2, -0.15) is 0 Å². The fourth-order valence-corrected chi connectivity index (χ4v) is 1.55. The summed E-state index contributed by atoms with van der Waals surface area (Å²) in [5.41, 5.74) is 0.361. The van der Waals surface area contributed by atoms with Crippen LogP contribution in [-0.4, -0.2) is 41.8 Å². The molecule has 1 unspecified atom stereocenters. The van der Waals surface area contributed by atoms with Gasteiger partial charge in [-0.3, -0.25) is 0 Å². The van der Waals surface area contributed by atoms with E-state index in [1.54, 1.807) is 6.92 Å². The quantitative estimate of drug-likeness (QED) is 0.783. The molecule has 2 heterocycles. The molecule has 1 aliphatic rings. The first kappa shape index (κ1) is 11.8. The van der Waals surface area contributed by atoms with Gasteiger partial charge in [0.05, 0.1) is 24.8 Å². The van der Waals surface area contributed by atoms with Crippen molar-refractivity contribution in [1.29, 1.82) is 0 Å². The number of nitrogens with zero attached hydrogens (tertiary/aromatic N) is 2. The summed E-state index contributed by atoms with van der Waals surface area (Å²) in [7, 11) is 0. The minimum Gasteiger partial charge on any atom is -0.462 e. The van der Waals surface area contributed by atoms with Crippen LogP contribution >= 0.6 is 0 Å². The van der Waals surface area contributed by atoms with E-state index in [9.17, 15) is 4.79 Å². The molecule has 0 saturated carbocycles. The van der Waals surface area contributed by atoms with Gasteiger partial charge in [-0.1, -0.05) is 0 Å². The number of nitrogens with one attached hydrogen (secondary N) is 1. The summed E-state index contributed by atoms with van der Waals surface area (Å²) in [6.07, 6.45) is 3.87. The van der Waals surface area contributed by atoms with Crippen molar-refractivity contribution in [3.05, 3.63) is 18.0 Å². The summed E-state index contributed by atoms with van der Waals surface area (Å²) in [6, 6.07) is 0.253. The smallest absolute Gasteiger partial charge is 0.341 e. The molecule has 0 aromatic carbocycles. The van der Waals surface area contributed by atoms with E-state index in [1.807, 2.05) is 0 Å². The van der Waals surface area contributed by atoms with Gasteiger partial charge < -0.3 is 14.8 Å². The third-order valence-electron chi connectivity index (χ3n) is 2.43. The lowest BCUT2D eigenvalue weighted by molar-refractivity contribution is 0.0525. The van der Waals surface area contributed by atoms with Crippen molar-refractivity contribution < 1.29 is 14.3 Å². The van der Waals surface area contributed by atoms with Crippen LogP contribution in [0.5, 0.6) is 0 Å². The number of carbonyl (C=O) groups is 1. The van der Waals surface area contributed by atoms with Gasteiger partial charge in [0.1, 0.15) is 0 Å². The van der Waals surface area contributed by atoms with Crippen molar-refractivity contribution in [1.82, 2.24) is 9.97 Å². The molecule has 0 bridgehead atoms. The molecule has 1 fully saturated rings. The standard InChI is InChI=1S/C11H15N3O3/c1-2-17-10(15)8-5-12-11(13-6-8)14-9-3-4-16-7-9/h5-6,9H,2-4,7H2,1H3,(H,12,13,14). The summed E-state index contributed by atoms with van der Waals surface area (Å²) < 4.78 is 10.1. The minimum atomic E-state index is -0.400. The zero-order chi connectivity index (χ0) is 12.1. The third-order valence-corrected chi connectivity index (χ3v) is 2.43. The molecule has 1 aliphatic heterocycles. The Morgan fingerprint density at radius 1 is 1.59 bits per heavy atom. The summed E-state index contributed by atoms with van der Waals surface area (Å²) in [5.74, 6) is 0.108. The maximum absolute atomic E-state index is 11.4. The van der Waals surface area contributed by atoms with Crippen molar-refractivity contribution in [2.24, 2.45) is 0 Å². The molecule has 0 radical (unpaired) electrons. The SMILES string of the molecule is CCOC(=O)c1cnc(NC2CCOC2)nc1. The highest BCUT2D eigenvalue weighted by Gasteiger charge is 2.16. The molecule has 2 rings (SSSR count). The first-order valence-electron chi connectivity index (χ1n) is 5.63. The number of carbonyl (C=O) groups excluding carboxylic acids is 1. The molecule has 0 amide bonds. The van der Waals surface area contributed by atoms with E-state index in [1.165, 1.54) is 12.4 Å². The molecule has 17 heavy (non-hydrogen) atoms. The van der Waals surface area contributed by atoms with Crippen LogP contribution in [-0.2, 0) is 9.47 Å². The van der Waals surface area contributed by atoms with Gasteiger partial charge in [0.25, 0.3) is 0 Å². The zero-order valence-electron chi connectivity index (χ0n) is 9.68. The summed E-state index contributed by atoms with van der Waals surface area (Å²) in [6.45, 7) is 3.54. The molecular formula is C11H15N3O3. The van der Waals surface area contributed by atoms with Crippen LogP contribution in [0, 0.1) is 0 Å². The lowest BCUT2D eigenvalue weighted by atomic mass is 10.3. The Bertz CT molecular complexity index is 374. The molecule has 0 spiro atoms. The van der Waals surface area contributed by atoms with Gasteiger partial charge in [-0.15, -0.1) is 0 Å². The van der Waals surface area contributed by atoms with Gasteiger partial charge in [0.15, 0.2) is 0 Å². The number of hydrogen-bond acceptors (Lipinski definition) is 6. The predicted molar refractivity (Wildman–Crippen MR) is 60.8 cm³/mol. The summed E-state index contributed by atoms with van der Waals surface area (Å²) in [5, 5.41) is 3.14. The average Bonchev–Trinajstić information content (AvgIpc) is 2.83. The van der Waals surface area contributed by atoms with Crippen LogP contribution in [0.4, 0.5) is 5.95 Å². The molecule has 1 aromatic heterocycles. The van der Waals surface area contributed by atoms with Crippen molar-refractivity contribution in [2.75, 3.05) is 25.1 Å². The van der Waals surface area contributed by atoms with E-state index in [0.29, 0.717) is 24.7 Å². The highest BCUT2D eigenvalue weighted by Crippen LogP contribution is 2.09. The Hall–Kier alpha value is -1.69. The fraction of sp³-hybridized carbons (Fsp3) is 0.545. The molecule has 1 aromatic rings. The molecular weight excluding hydrogens is 222 g/mol. The molecule has 6 nitrogen and oxygen atoms in total. The zero-order valence-corrected chi connectivity index (χ0v) is 9.68. The van der Waals surface area contributed by atoms with Crippen LogP contribution in [0.15, 0.2) is 12.4 Å². The highest BCUT2D eigenvalue weighted by molar-refractivity contribution is 5.88. The van der Waals surface area contributed by atoms with E-state index in [2.05, 4.69) is 15.3 Å². The van der Waals surface area contributed by atoms with Gasteiger partial charge in [0.2, 0.25) is 5.95 Å². The minimum absolute atomic E-state index is 0.253. The molecule has 1 N–H and O–H groups in total. The Labute approximate surface area is 99.4 Å². The maximum Gasteiger partial charge on any atom is 0.341 e. The van der Waals surface area contributed by atoms with Crippen molar-refractivity contribution in [3.8, 4) is 0 Å². The number of hydrogen-bond donors (Lipinski definition) is 1. The number of aromatic nitrogens is 2. The first-order valence-corrected chi connectivity index (χ1v) is 5.63. The number of ether oxygens (including phenoxy) is 2. The Morgan fingerprint density at radius 3 is 2.94 bits per heavy atom. The second-order valence-corrected chi connectivity index (χ2v) is 3.72. The molecule has 1 saturated heterocycles. The summed E-state index contributed by atoms with van der Waals surface area (Å²) >= 11 is 0. The number of rotatable bonds is 4. The Kier molecular flexibility index (Phi) is 3.87. The van der Waals surface area contributed by atoms with Gasteiger partial charge in [-0.25, -0.2) is 14.8 Å². The monoisotopic (exact) mass is 237 g/mol. The van der Waals surface area contributed by atoms with Crippen LogP contribution in [0.3, 0.4) is 0 Å². The average molecular weight is 237 g/mol. The third kappa shape index (κ3) is 3.13. The van der Waals surface area contributed by atoms with Crippen molar-refractivity contribution >= 4 is 11.9 Å². The Balaban J connectivity index is 1.94. The van der Waals surface area contributed by atoms with Crippen LogP contribution in [0.25, 0.3) is 0 Å². The highest BCUT2D eigenvalue weighted by atomic mass is 16.5. The first-order chi connectivity index (χ1) is 8.29. The second kappa shape index (κ2) is 5.58. The van der Waals surface area contributed by atoms with Gasteiger partial charge >= 0.3 is 5.97 Å². The van der Waals surface area contributed by atoms with Crippen molar-refractivity contribution in [2.45, 2.75) is 19.4 Å². The van der Waals surface area contributed by atoms with Gasteiger partial charge in [0, 0.05) is 19.0 Å². The summed E-state index contributed by atoms with van der Waals surface area (Å²) in [4.78, 5) is 19.5. The second-order valence-electron chi connectivity index (χ2n) is 3.72. The van der Waals surface area contributed by atoms with E-state index in [-0.39, 0.29) is 6.04 Å². The molecule has 92 valence electrons. The van der Waals surface area contributed by atoms with E-state index < -0.39 is 5.97 Å². The van der Waals surface area contributed by atoms with E-state index >= 15 is 0 Å². The normalized spacial score (nSPS) is 19.0. The van der Waals surface area contributed by atoms with Gasteiger partial charge in [-0.05, 0) is 13.3 Å². The molecule has 6 heteroatoms. The maximum atomic E-state index is 11.4. The van der Waals surface area contributed by atoms with Crippen LogP contribution in [0.2, 0.25) is 0 Å². The van der Waals surface area contributed by atoms with E-state index in [0.717, 1.165) is 13.0 Å². The number of esters is 1. The van der Waals surface area contributed by atoms with Crippen LogP contribution in [0.1, 0.15) is 23.7 Å². The molecule has 1 atom stereocenters. The van der Waals surface area contributed by atoms with Crippen molar-refractivity contribution in [3.63, 3.8) is 0 Å². The predicted octanol–water partition coefficient (Wildman–Crippen LogP) is 0.854. The number of anilines is 1. The van der Waals surface area contributed by atoms with Crippen LogP contribution < -0.4 is 5.32 Å². The lowest BCUT2D eigenvalue weighted by Gasteiger charge is -2.09. The fourth-order valence-electron chi connectivity index (χ4n) is 1.55. The largest absolute Gasteiger partial charge is 0.462 e. The Morgan fingerprint density at radius 2 is 2.35 bits per heavy atom.